The van der Waals surface area contributed by atoms with Crippen molar-refractivity contribution in [1.29, 1.82) is 0 Å². The molecule has 1 aromatic rings. The van der Waals surface area contributed by atoms with Crippen molar-refractivity contribution in [2.24, 2.45) is 5.41 Å². The summed E-state index contributed by atoms with van der Waals surface area (Å²) < 4.78 is 13.0. The Morgan fingerprint density at radius 3 is 2.76 bits per heavy atom. The molecule has 0 unspecified atom stereocenters. The average molecular weight is 240 g/mol. The van der Waals surface area contributed by atoms with Gasteiger partial charge in [0, 0.05) is 24.1 Å². The summed E-state index contributed by atoms with van der Waals surface area (Å²) in [4.78, 5) is 10.2. The quantitative estimate of drug-likeness (QED) is 0.609. The third-order valence-corrected chi connectivity index (χ3v) is 3.10. The highest BCUT2D eigenvalue weighted by Crippen LogP contribution is 2.45. The van der Waals surface area contributed by atoms with Crippen molar-refractivity contribution < 1.29 is 14.4 Å². The third-order valence-electron chi connectivity index (χ3n) is 3.10. The standard InChI is InChI=1S/C11H13FN2O3/c12-8-1-2-10(14(16)17)9(5-8)13-6-11(7-15)3-4-11/h1-2,5,13,15H,3-4,6-7H2. The van der Waals surface area contributed by atoms with E-state index in [9.17, 15) is 14.5 Å². The molecule has 92 valence electrons. The lowest BCUT2D eigenvalue weighted by Crippen LogP contribution is -2.19. The summed E-state index contributed by atoms with van der Waals surface area (Å²) in [5.74, 6) is -0.521. The predicted molar refractivity (Wildman–Crippen MR) is 60.3 cm³/mol. The fourth-order valence-electron chi connectivity index (χ4n) is 1.66. The van der Waals surface area contributed by atoms with Gasteiger partial charge in [0.25, 0.3) is 5.69 Å². The van der Waals surface area contributed by atoms with E-state index in [-0.39, 0.29) is 23.4 Å². The lowest BCUT2D eigenvalue weighted by molar-refractivity contribution is -0.384. The van der Waals surface area contributed by atoms with E-state index in [1.54, 1.807) is 0 Å². The van der Waals surface area contributed by atoms with Crippen LogP contribution in [0.2, 0.25) is 0 Å². The zero-order chi connectivity index (χ0) is 12.5. The van der Waals surface area contributed by atoms with Crippen LogP contribution in [0.3, 0.4) is 0 Å². The molecule has 0 bridgehead atoms. The second-order valence-corrected chi connectivity index (χ2v) is 4.43. The van der Waals surface area contributed by atoms with Crippen LogP contribution in [-0.2, 0) is 0 Å². The van der Waals surface area contributed by atoms with Gasteiger partial charge in [0.05, 0.1) is 11.5 Å². The van der Waals surface area contributed by atoms with Gasteiger partial charge in [0.2, 0.25) is 0 Å². The Bertz CT molecular complexity index is 446. The Morgan fingerprint density at radius 1 is 1.53 bits per heavy atom. The van der Waals surface area contributed by atoms with Gasteiger partial charge in [0.1, 0.15) is 11.5 Å². The van der Waals surface area contributed by atoms with Gasteiger partial charge in [0.15, 0.2) is 0 Å². The third kappa shape index (κ3) is 2.52. The lowest BCUT2D eigenvalue weighted by Gasteiger charge is -2.13. The first-order chi connectivity index (χ1) is 8.06. The van der Waals surface area contributed by atoms with Gasteiger partial charge in [-0.15, -0.1) is 0 Å². The van der Waals surface area contributed by atoms with E-state index >= 15 is 0 Å². The molecular weight excluding hydrogens is 227 g/mol. The van der Waals surface area contributed by atoms with Crippen LogP contribution in [0.5, 0.6) is 0 Å². The molecule has 0 aromatic heterocycles. The van der Waals surface area contributed by atoms with Gasteiger partial charge >= 0.3 is 0 Å². The molecular formula is C11H13FN2O3. The molecule has 0 atom stereocenters. The van der Waals surface area contributed by atoms with E-state index in [2.05, 4.69) is 5.32 Å². The highest BCUT2D eigenvalue weighted by Gasteiger charge is 2.42. The minimum atomic E-state index is -0.555. The van der Waals surface area contributed by atoms with E-state index in [0.29, 0.717) is 6.54 Å². The zero-order valence-corrected chi connectivity index (χ0v) is 9.15. The van der Waals surface area contributed by atoms with Crippen molar-refractivity contribution in [3.05, 3.63) is 34.1 Å². The highest BCUT2D eigenvalue weighted by atomic mass is 19.1. The summed E-state index contributed by atoms with van der Waals surface area (Å²) in [6.45, 7) is 0.469. The van der Waals surface area contributed by atoms with Crippen LogP contribution in [-0.4, -0.2) is 23.2 Å². The van der Waals surface area contributed by atoms with Crippen molar-refractivity contribution >= 4 is 11.4 Å². The number of nitrogens with one attached hydrogen (secondary N) is 1. The molecule has 0 radical (unpaired) electrons. The summed E-state index contributed by atoms with van der Waals surface area (Å²) in [6, 6.07) is 3.30. The highest BCUT2D eigenvalue weighted by molar-refractivity contribution is 5.61. The number of nitro groups is 1. The fourth-order valence-corrected chi connectivity index (χ4v) is 1.66. The Morgan fingerprint density at radius 2 is 2.24 bits per heavy atom. The first-order valence-corrected chi connectivity index (χ1v) is 5.35. The Kier molecular flexibility index (Phi) is 2.97. The molecule has 0 spiro atoms. The van der Waals surface area contributed by atoms with E-state index < -0.39 is 10.7 Å². The van der Waals surface area contributed by atoms with Crippen LogP contribution in [0.1, 0.15) is 12.8 Å². The normalized spacial score (nSPS) is 16.6. The Hall–Kier alpha value is -1.69. The first-order valence-electron chi connectivity index (χ1n) is 5.35. The van der Waals surface area contributed by atoms with Gasteiger partial charge < -0.3 is 10.4 Å². The largest absolute Gasteiger partial charge is 0.396 e. The number of nitro benzene ring substituents is 1. The summed E-state index contributed by atoms with van der Waals surface area (Å²) in [7, 11) is 0. The number of anilines is 1. The van der Waals surface area contributed by atoms with Gasteiger partial charge in [-0.1, -0.05) is 0 Å². The molecule has 5 nitrogen and oxygen atoms in total. The number of halogens is 1. The van der Waals surface area contributed by atoms with Crippen LogP contribution in [0, 0.1) is 21.3 Å². The number of aliphatic hydroxyl groups is 1. The molecule has 0 heterocycles. The minimum absolute atomic E-state index is 0.0448. The van der Waals surface area contributed by atoms with Crippen molar-refractivity contribution in [2.75, 3.05) is 18.5 Å². The fraction of sp³-hybridized carbons (Fsp3) is 0.455. The van der Waals surface area contributed by atoms with E-state index in [0.717, 1.165) is 31.0 Å². The lowest BCUT2D eigenvalue weighted by atomic mass is 10.1. The first kappa shape index (κ1) is 11.8. The molecule has 0 aliphatic heterocycles. The van der Waals surface area contributed by atoms with E-state index in [4.69, 9.17) is 5.11 Å². The van der Waals surface area contributed by atoms with Crippen LogP contribution < -0.4 is 5.32 Å². The van der Waals surface area contributed by atoms with Gasteiger partial charge in [-0.05, 0) is 18.9 Å². The van der Waals surface area contributed by atoms with Crippen molar-refractivity contribution in [3.8, 4) is 0 Å². The molecule has 2 N–H and O–H groups in total. The molecule has 2 rings (SSSR count). The zero-order valence-electron chi connectivity index (χ0n) is 9.15. The molecule has 1 saturated carbocycles. The van der Waals surface area contributed by atoms with Crippen LogP contribution in [0.4, 0.5) is 15.8 Å². The van der Waals surface area contributed by atoms with Gasteiger partial charge in [-0.3, -0.25) is 10.1 Å². The van der Waals surface area contributed by atoms with E-state index in [1.165, 1.54) is 0 Å². The van der Waals surface area contributed by atoms with Crippen molar-refractivity contribution in [1.82, 2.24) is 0 Å². The summed E-state index contributed by atoms with van der Waals surface area (Å²) in [5.41, 5.74) is -0.171. The maximum atomic E-state index is 13.0. The number of benzene rings is 1. The second-order valence-electron chi connectivity index (χ2n) is 4.43. The maximum Gasteiger partial charge on any atom is 0.292 e. The minimum Gasteiger partial charge on any atom is -0.396 e. The van der Waals surface area contributed by atoms with Crippen LogP contribution in [0.15, 0.2) is 18.2 Å². The molecule has 1 aliphatic rings. The topological polar surface area (TPSA) is 75.4 Å². The number of rotatable bonds is 5. The number of nitrogens with zero attached hydrogens (tertiary/aromatic N) is 1. The van der Waals surface area contributed by atoms with Crippen LogP contribution in [0.25, 0.3) is 0 Å². The molecule has 0 saturated heterocycles. The molecule has 1 aromatic carbocycles. The van der Waals surface area contributed by atoms with Crippen molar-refractivity contribution in [2.45, 2.75) is 12.8 Å². The molecule has 17 heavy (non-hydrogen) atoms. The number of aliphatic hydroxyl groups excluding tert-OH is 1. The predicted octanol–water partition coefficient (Wildman–Crippen LogP) is 1.92. The molecule has 6 heteroatoms. The molecule has 0 amide bonds. The van der Waals surface area contributed by atoms with E-state index in [1.807, 2.05) is 0 Å². The van der Waals surface area contributed by atoms with Gasteiger partial charge in [-0.25, -0.2) is 4.39 Å². The summed E-state index contributed by atoms with van der Waals surface area (Å²) in [6.07, 6.45) is 1.78. The average Bonchev–Trinajstić information content (AvgIpc) is 3.07. The smallest absolute Gasteiger partial charge is 0.292 e. The van der Waals surface area contributed by atoms with Crippen LogP contribution >= 0.6 is 0 Å². The monoisotopic (exact) mass is 240 g/mol. The number of hydrogen-bond donors (Lipinski definition) is 2. The Balaban J connectivity index is 2.13. The van der Waals surface area contributed by atoms with Gasteiger partial charge in [-0.2, -0.15) is 0 Å². The maximum absolute atomic E-state index is 13.0. The number of hydrogen-bond acceptors (Lipinski definition) is 4. The summed E-state index contributed by atoms with van der Waals surface area (Å²) >= 11 is 0. The Labute approximate surface area is 97.4 Å². The SMILES string of the molecule is O=[N+]([O-])c1ccc(F)cc1NCC1(CO)CC1. The molecule has 1 fully saturated rings. The summed E-state index contributed by atoms with van der Waals surface area (Å²) in [5, 5.41) is 22.7. The second kappa shape index (κ2) is 4.29. The molecule has 1 aliphatic carbocycles. The van der Waals surface area contributed by atoms with Crippen molar-refractivity contribution in [3.63, 3.8) is 0 Å².